The van der Waals surface area contributed by atoms with Crippen LogP contribution in [0.25, 0.3) is 44.1 Å². The molecule has 0 bridgehead atoms. The predicted molar refractivity (Wildman–Crippen MR) is 272 cm³/mol. The van der Waals surface area contributed by atoms with Crippen molar-refractivity contribution in [3.63, 3.8) is 0 Å². The molecule has 0 aliphatic heterocycles. The van der Waals surface area contributed by atoms with Gasteiger partial charge in [0.15, 0.2) is 0 Å². The van der Waals surface area contributed by atoms with Crippen molar-refractivity contribution >= 4 is 21.5 Å². The first-order valence-electron chi connectivity index (χ1n) is 22.9. The quantitative estimate of drug-likeness (QED) is 0.0804. The van der Waals surface area contributed by atoms with Gasteiger partial charge in [0.05, 0.1) is 23.7 Å². The van der Waals surface area contributed by atoms with Crippen LogP contribution >= 0.6 is 0 Å². The summed E-state index contributed by atoms with van der Waals surface area (Å²) in [5.74, 6) is 2.60. The molecule has 66 heavy (non-hydrogen) atoms. The second kappa shape index (κ2) is 28.4. The minimum Gasteiger partial charge on any atom is -0.513 e. The van der Waals surface area contributed by atoms with Crippen LogP contribution in [0, 0.1) is 51.7 Å². The van der Waals surface area contributed by atoms with Gasteiger partial charge in [0, 0.05) is 52.6 Å². The van der Waals surface area contributed by atoms with E-state index in [1.165, 1.54) is 86.5 Å². The number of aliphatic hydroxyl groups is 4. The smallest absolute Gasteiger partial charge is 0.0877 e. The molecule has 6 aromatic rings. The number of hydrogen-bond acceptors (Lipinski definition) is 6. The maximum absolute atomic E-state index is 8.49. The molecule has 0 saturated heterocycles. The van der Waals surface area contributed by atoms with Gasteiger partial charge in [0.2, 0.25) is 0 Å². The van der Waals surface area contributed by atoms with Crippen molar-refractivity contribution < 1.29 is 60.6 Å². The molecule has 2 radical (unpaired) electrons. The maximum Gasteiger partial charge on any atom is 0.0877 e. The number of hydrogen-bond donors (Lipinski definition) is 4. The summed E-state index contributed by atoms with van der Waals surface area (Å²) < 4.78 is 0. The molecule has 4 aromatic carbocycles. The van der Waals surface area contributed by atoms with Gasteiger partial charge in [-0.3, -0.25) is 0 Å². The number of fused-ring (bicyclic) bond motifs is 2. The molecular weight excluding hydrogens is 1170 g/mol. The van der Waals surface area contributed by atoms with Crippen molar-refractivity contribution in [2.75, 3.05) is 0 Å². The van der Waals surface area contributed by atoms with Crippen molar-refractivity contribution in [3.05, 3.63) is 153 Å². The normalized spacial score (nSPS) is 12.4. The zero-order chi connectivity index (χ0) is 48.0. The van der Waals surface area contributed by atoms with Crippen LogP contribution in [0.5, 0.6) is 0 Å². The van der Waals surface area contributed by atoms with Crippen LogP contribution in [0.1, 0.15) is 139 Å². The molecule has 2 heterocycles. The van der Waals surface area contributed by atoms with E-state index in [1.807, 2.05) is 12.4 Å². The van der Waals surface area contributed by atoms with Crippen molar-refractivity contribution in [3.8, 4) is 22.5 Å². The summed E-state index contributed by atoms with van der Waals surface area (Å²) in [4.78, 5) is 9.50. The van der Waals surface area contributed by atoms with E-state index in [9.17, 15) is 0 Å². The van der Waals surface area contributed by atoms with Crippen molar-refractivity contribution in [1.29, 1.82) is 0 Å². The molecule has 6 nitrogen and oxygen atoms in total. The molecule has 0 fully saturated rings. The molecule has 0 aliphatic rings. The van der Waals surface area contributed by atoms with E-state index in [0.717, 1.165) is 40.9 Å². The number of pyridine rings is 2. The molecular formula is C58H76Ir2N2O4-2. The number of aromatic nitrogens is 2. The first kappa shape index (κ1) is 60.0. The number of nitrogens with zero attached hydrogens (tertiary/aromatic N) is 2. The molecule has 0 saturated carbocycles. The molecule has 0 amide bonds. The third-order valence-corrected chi connectivity index (χ3v) is 10.3. The summed E-state index contributed by atoms with van der Waals surface area (Å²) in [6.07, 6.45) is 7.74. The molecule has 2 atom stereocenters. The van der Waals surface area contributed by atoms with E-state index >= 15 is 0 Å². The fourth-order valence-electron chi connectivity index (χ4n) is 7.95. The average Bonchev–Trinajstić information content (AvgIpc) is 3.15. The minimum absolute atomic E-state index is 0. The summed E-state index contributed by atoms with van der Waals surface area (Å²) in [6, 6.07) is 29.5. The first-order valence-corrected chi connectivity index (χ1v) is 22.9. The maximum atomic E-state index is 8.49. The van der Waals surface area contributed by atoms with Crippen molar-refractivity contribution in [1.82, 2.24) is 9.97 Å². The summed E-state index contributed by atoms with van der Waals surface area (Å²) >= 11 is 0. The summed E-state index contributed by atoms with van der Waals surface area (Å²) in [5, 5.41) is 39.0. The summed E-state index contributed by atoms with van der Waals surface area (Å²) in [7, 11) is 0. The Hall–Kier alpha value is -4.00. The van der Waals surface area contributed by atoms with E-state index in [0.29, 0.717) is 23.7 Å². The third-order valence-electron chi connectivity index (χ3n) is 10.3. The van der Waals surface area contributed by atoms with Crippen LogP contribution < -0.4 is 0 Å². The van der Waals surface area contributed by atoms with Crippen molar-refractivity contribution in [2.24, 2.45) is 11.8 Å². The van der Waals surface area contributed by atoms with Crippen LogP contribution in [0.4, 0.5) is 0 Å². The van der Waals surface area contributed by atoms with Gasteiger partial charge < -0.3 is 30.4 Å². The van der Waals surface area contributed by atoms with Crippen LogP contribution in [0.3, 0.4) is 0 Å². The monoisotopic (exact) mass is 1250 g/mol. The second-order valence-corrected chi connectivity index (χ2v) is 19.0. The summed E-state index contributed by atoms with van der Waals surface area (Å²) in [5.41, 5.74) is 14.8. The second-order valence-electron chi connectivity index (χ2n) is 19.0. The Morgan fingerprint density at radius 2 is 0.985 bits per heavy atom. The largest absolute Gasteiger partial charge is 0.513 e. The predicted octanol–water partition coefficient (Wildman–Crippen LogP) is 14.9. The van der Waals surface area contributed by atoms with Gasteiger partial charge in [-0.1, -0.05) is 107 Å². The zero-order valence-corrected chi connectivity index (χ0v) is 47.1. The van der Waals surface area contributed by atoms with Gasteiger partial charge in [0.1, 0.15) is 0 Å². The number of aliphatic hydroxyl groups excluding tert-OH is 4. The Bertz CT molecular complexity index is 2450. The number of rotatable bonds is 10. The Labute approximate surface area is 424 Å². The van der Waals surface area contributed by atoms with Crippen LogP contribution in [-0.4, -0.2) is 42.6 Å². The minimum atomic E-state index is -0.537. The molecule has 0 spiro atoms. The van der Waals surface area contributed by atoms with E-state index in [1.54, 1.807) is 13.8 Å². The fourth-order valence-corrected chi connectivity index (χ4v) is 7.95. The van der Waals surface area contributed by atoms with Gasteiger partial charge >= 0.3 is 0 Å². The summed E-state index contributed by atoms with van der Waals surface area (Å²) in [6.45, 7) is 32.9. The van der Waals surface area contributed by atoms with E-state index in [2.05, 4.69) is 156 Å². The molecule has 2 unspecified atom stereocenters. The van der Waals surface area contributed by atoms with Crippen molar-refractivity contribution in [2.45, 2.75) is 148 Å². The Kier molecular flexibility index (Phi) is 25.8. The topological polar surface area (TPSA) is 107 Å². The molecule has 362 valence electrons. The standard InChI is InChI=1S/C25H30N.C23H26N.2C5H10O2.2Ir/c1-16(2)9-20-14-21(10-17(3)4)23-7-8-26-25(24(23)15-20)22-12-18(5)11-19(6)13-22;1-14(2)18-12-21(15(3)4)20-7-8-24-23(22(20)13-18)19-10-16(5)9-17(6)11-19;2*1-4(6)3-5(2)7;;/h7-8,11-12,14-17H,9-10H2,1-6H3;7-10,12-15H,1-6H3;2*3-4,6-7H,1-2H3;;/q2*-1;;;;. The fraction of sp³-hybridized carbons (Fsp3) is 0.414. The molecule has 6 rings (SSSR count). The first-order chi connectivity index (χ1) is 29.9. The zero-order valence-electron chi connectivity index (χ0n) is 42.3. The Morgan fingerprint density at radius 3 is 1.35 bits per heavy atom. The van der Waals surface area contributed by atoms with Gasteiger partial charge in [-0.15, -0.1) is 69.8 Å². The number of aryl methyl sites for hydroxylation is 4. The van der Waals surface area contributed by atoms with Crippen LogP contribution in [0.15, 0.2) is 96.7 Å². The SMILES string of the molecule is CC(O)=CC(C)O.CC(O)=CC(C)O.Cc1[c-]c(-c2nccc3c(C(C)C)cc(C(C)C)cc23)cc(C)c1.Cc1[c-]c(-c2nccc3c(CC(C)C)cc(CC(C)C)cc23)cc(C)c1.[Ir].[Ir]. The van der Waals surface area contributed by atoms with Crippen LogP contribution in [0.2, 0.25) is 0 Å². The number of benzene rings is 4. The molecule has 2 aromatic heterocycles. The van der Waals surface area contributed by atoms with E-state index < -0.39 is 12.2 Å². The van der Waals surface area contributed by atoms with Gasteiger partial charge in [0.25, 0.3) is 0 Å². The number of allylic oxidation sites excluding steroid dienone is 2. The average molecular weight is 1250 g/mol. The molecule has 0 aliphatic carbocycles. The van der Waals surface area contributed by atoms with E-state index in [4.69, 9.17) is 30.4 Å². The molecule has 4 N–H and O–H groups in total. The third kappa shape index (κ3) is 19.3. The Balaban J connectivity index is 0.000000502. The molecule has 8 heteroatoms. The van der Waals surface area contributed by atoms with Gasteiger partial charge in [-0.25, -0.2) is 0 Å². The van der Waals surface area contributed by atoms with Crippen LogP contribution in [-0.2, 0) is 53.1 Å². The van der Waals surface area contributed by atoms with Gasteiger partial charge in [-0.2, -0.15) is 0 Å². The van der Waals surface area contributed by atoms with Gasteiger partial charge in [-0.05, 0) is 144 Å². The van der Waals surface area contributed by atoms with E-state index in [-0.39, 0.29) is 51.7 Å². The Morgan fingerprint density at radius 1 is 0.545 bits per heavy atom.